The van der Waals surface area contributed by atoms with Crippen molar-refractivity contribution in [1.82, 2.24) is 44.8 Å². The SMILES string of the molecule is CN(C)c1cnc(-n2cc(Cc3cnc(C(=O)Nc4ccc(C(=O)N5CCN(C(=O)C6CCNCC6)CC5)c(Cl)c4)[nH]3)c(C(F)(F)F)n2)nc1.O=CO. The van der Waals surface area contributed by atoms with Crippen LogP contribution in [-0.4, -0.2) is 122 Å². The number of piperazine rings is 1. The summed E-state index contributed by atoms with van der Waals surface area (Å²) in [5, 5.41) is 16.6. The summed E-state index contributed by atoms with van der Waals surface area (Å²) in [5.41, 5.74) is 0.154. The molecule has 3 amide bonds. The van der Waals surface area contributed by atoms with Gasteiger partial charge in [0.05, 0.1) is 28.7 Å². The maximum absolute atomic E-state index is 13.9. The highest BCUT2D eigenvalue weighted by molar-refractivity contribution is 6.34. The Morgan fingerprint density at radius 2 is 1.68 bits per heavy atom. The molecular weight excluding hydrogens is 723 g/mol. The van der Waals surface area contributed by atoms with Gasteiger partial charge in [0.15, 0.2) is 11.5 Å². The van der Waals surface area contributed by atoms with Gasteiger partial charge in [-0.25, -0.2) is 19.6 Å². The molecule has 0 atom stereocenters. The lowest BCUT2D eigenvalue weighted by Gasteiger charge is -2.37. The summed E-state index contributed by atoms with van der Waals surface area (Å²) in [6, 6.07) is 4.47. The Balaban J connectivity index is 0.00000175. The van der Waals surface area contributed by atoms with Crippen molar-refractivity contribution in [3.63, 3.8) is 0 Å². The lowest BCUT2D eigenvalue weighted by atomic mass is 9.96. The third-order valence-corrected chi connectivity index (χ3v) is 8.97. The summed E-state index contributed by atoms with van der Waals surface area (Å²) in [6.07, 6.45) is 2.02. The number of nitrogens with one attached hydrogen (secondary N) is 3. The largest absolute Gasteiger partial charge is 0.483 e. The topological polar surface area (TPSA) is 195 Å². The summed E-state index contributed by atoms with van der Waals surface area (Å²) in [5.74, 6) is -0.969. The quantitative estimate of drug-likeness (QED) is 0.193. The van der Waals surface area contributed by atoms with Gasteiger partial charge in [0.1, 0.15) is 0 Å². The fourth-order valence-corrected chi connectivity index (χ4v) is 6.16. The van der Waals surface area contributed by atoms with Crippen molar-refractivity contribution >= 4 is 47.2 Å². The van der Waals surface area contributed by atoms with E-state index in [4.69, 9.17) is 21.5 Å². The fourth-order valence-electron chi connectivity index (χ4n) is 5.90. The molecule has 6 rings (SSSR count). The van der Waals surface area contributed by atoms with Crippen LogP contribution in [0, 0.1) is 5.92 Å². The number of carbonyl (C=O) groups excluding carboxylic acids is 3. The molecule has 2 aliphatic rings. The molecule has 0 aliphatic carbocycles. The van der Waals surface area contributed by atoms with Crippen LogP contribution in [0.25, 0.3) is 5.95 Å². The van der Waals surface area contributed by atoms with Crippen LogP contribution in [0.5, 0.6) is 0 Å². The monoisotopic (exact) mass is 759 g/mol. The minimum Gasteiger partial charge on any atom is -0.483 e. The predicted molar refractivity (Wildman–Crippen MR) is 186 cm³/mol. The second kappa shape index (κ2) is 16.8. The number of nitrogens with zero attached hydrogens (tertiary/aromatic N) is 8. The Morgan fingerprint density at radius 1 is 1.04 bits per heavy atom. The first-order valence-corrected chi connectivity index (χ1v) is 16.8. The van der Waals surface area contributed by atoms with Crippen molar-refractivity contribution in [3.8, 4) is 5.95 Å². The number of aromatic nitrogens is 6. The third kappa shape index (κ3) is 9.46. The van der Waals surface area contributed by atoms with Crippen molar-refractivity contribution in [2.75, 3.05) is 63.6 Å². The molecule has 2 saturated heterocycles. The summed E-state index contributed by atoms with van der Waals surface area (Å²) in [7, 11) is 3.56. The van der Waals surface area contributed by atoms with Gasteiger partial charge in [-0.1, -0.05) is 11.6 Å². The van der Waals surface area contributed by atoms with Gasteiger partial charge in [-0.2, -0.15) is 18.3 Å². The molecule has 0 spiro atoms. The number of carboxylic acid groups (broad SMARTS) is 1. The minimum absolute atomic E-state index is 0.0172. The second-order valence-electron chi connectivity index (χ2n) is 12.4. The van der Waals surface area contributed by atoms with Gasteiger partial charge < -0.3 is 35.4 Å². The average Bonchev–Trinajstić information content (AvgIpc) is 3.80. The first-order valence-electron chi connectivity index (χ1n) is 16.5. The van der Waals surface area contributed by atoms with E-state index in [1.807, 2.05) is 4.90 Å². The van der Waals surface area contributed by atoms with E-state index in [1.54, 1.807) is 23.9 Å². The summed E-state index contributed by atoms with van der Waals surface area (Å²) >= 11 is 6.46. The van der Waals surface area contributed by atoms with E-state index in [1.165, 1.54) is 43.0 Å². The molecule has 4 aromatic rings. The highest BCUT2D eigenvalue weighted by Gasteiger charge is 2.38. The standard InChI is InChI=1S/C32H35ClF3N11O3.CH2O2/c1-44(2)23-16-39-31(40-17-23)47-18-20(26(43-47)32(34,35)36)13-22-15-38-27(41-22)28(48)42-21-3-4-24(25(33)14-21)30(50)46-11-9-45(10-12-46)29(49)19-5-7-37-8-6-19;2-1-3/h3-4,14-19,37H,5-13H2,1-2H3,(H,38,41)(H,42,48);1H,(H,2,3). The summed E-state index contributed by atoms with van der Waals surface area (Å²) in [6.45, 7) is 3.07. The highest BCUT2D eigenvalue weighted by Crippen LogP contribution is 2.32. The number of carbonyl (C=O) groups is 4. The van der Waals surface area contributed by atoms with Gasteiger partial charge in [-0.3, -0.25) is 19.2 Å². The molecule has 4 N–H and O–H groups in total. The molecule has 16 nitrogen and oxygen atoms in total. The average molecular weight is 760 g/mol. The van der Waals surface area contributed by atoms with Crippen LogP contribution in [-0.2, 0) is 22.2 Å². The van der Waals surface area contributed by atoms with Crippen LogP contribution >= 0.6 is 11.6 Å². The van der Waals surface area contributed by atoms with E-state index in [9.17, 15) is 27.6 Å². The second-order valence-corrected chi connectivity index (χ2v) is 12.8. The van der Waals surface area contributed by atoms with Crippen LogP contribution < -0.4 is 15.5 Å². The number of H-pyrrole nitrogens is 1. The molecule has 53 heavy (non-hydrogen) atoms. The van der Waals surface area contributed by atoms with Gasteiger partial charge in [-0.15, -0.1) is 0 Å². The van der Waals surface area contributed by atoms with Crippen molar-refractivity contribution in [3.05, 3.63) is 76.3 Å². The van der Waals surface area contributed by atoms with Crippen molar-refractivity contribution in [2.24, 2.45) is 5.92 Å². The number of rotatable bonds is 8. The molecule has 2 fully saturated rings. The number of anilines is 2. The number of halogens is 4. The molecule has 0 unspecified atom stereocenters. The lowest BCUT2D eigenvalue weighted by molar-refractivity contribution is -0.142. The van der Waals surface area contributed by atoms with Crippen LogP contribution in [0.2, 0.25) is 5.02 Å². The molecule has 2 aliphatic heterocycles. The number of hydrogen-bond donors (Lipinski definition) is 4. The number of hydrogen-bond acceptors (Lipinski definition) is 10. The van der Waals surface area contributed by atoms with Gasteiger partial charge in [0, 0.05) is 82.0 Å². The normalized spacial score (nSPS) is 15.0. The Labute approximate surface area is 306 Å². The Hall–Kier alpha value is -5.56. The third-order valence-electron chi connectivity index (χ3n) is 8.65. The van der Waals surface area contributed by atoms with Crippen LogP contribution in [0.4, 0.5) is 24.5 Å². The predicted octanol–water partition coefficient (Wildman–Crippen LogP) is 2.95. The van der Waals surface area contributed by atoms with E-state index in [0.717, 1.165) is 30.6 Å². The number of benzene rings is 1. The van der Waals surface area contributed by atoms with Crippen molar-refractivity contribution in [2.45, 2.75) is 25.4 Å². The molecule has 0 radical (unpaired) electrons. The van der Waals surface area contributed by atoms with Crippen molar-refractivity contribution < 1.29 is 37.5 Å². The van der Waals surface area contributed by atoms with Crippen molar-refractivity contribution in [1.29, 1.82) is 0 Å². The first-order chi connectivity index (χ1) is 25.3. The molecular formula is C33H37ClF3N11O5. The zero-order chi connectivity index (χ0) is 38.3. The van der Waals surface area contributed by atoms with Gasteiger partial charge in [0.25, 0.3) is 24.2 Å². The number of aromatic amines is 1. The number of amides is 3. The Morgan fingerprint density at radius 3 is 2.28 bits per heavy atom. The minimum atomic E-state index is -4.75. The van der Waals surface area contributed by atoms with E-state index >= 15 is 0 Å². The Kier molecular flexibility index (Phi) is 12.3. The maximum Gasteiger partial charge on any atom is 0.435 e. The molecule has 0 bridgehead atoms. The zero-order valence-corrected chi connectivity index (χ0v) is 29.5. The van der Waals surface area contributed by atoms with Crippen LogP contribution in [0.15, 0.2) is 43.0 Å². The number of imidazole rings is 1. The molecule has 3 aromatic heterocycles. The fraction of sp³-hybridized carbons (Fsp3) is 0.394. The van der Waals surface area contributed by atoms with E-state index < -0.39 is 17.8 Å². The van der Waals surface area contributed by atoms with Gasteiger partial charge in [-0.05, 0) is 44.1 Å². The van der Waals surface area contributed by atoms with E-state index in [0.29, 0.717) is 31.9 Å². The molecule has 1 aromatic carbocycles. The molecule has 5 heterocycles. The molecule has 20 heteroatoms. The maximum atomic E-state index is 13.9. The molecule has 0 saturated carbocycles. The highest BCUT2D eigenvalue weighted by atomic mass is 35.5. The summed E-state index contributed by atoms with van der Waals surface area (Å²) < 4.78 is 42.6. The van der Waals surface area contributed by atoms with E-state index in [-0.39, 0.29) is 69.9 Å². The smallest absolute Gasteiger partial charge is 0.435 e. The van der Waals surface area contributed by atoms with Crippen LogP contribution in [0.1, 0.15) is 50.8 Å². The summed E-state index contributed by atoms with van der Waals surface area (Å²) in [4.78, 5) is 67.7. The lowest BCUT2D eigenvalue weighted by Crippen LogP contribution is -2.52. The van der Waals surface area contributed by atoms with Gasteiger partial charge in [0.2, 0.25) is 5.91 Å². The van der Waals surface area contributed by atoms with E-state index in [2.05, 4.69) is 35.7 Å². The first kappa shape index (κ1) is 38.7. The Bertz CT molecular complexity index is 1920. The van der Waals surface area contributed by atoms with Crippen LogP contribution in [0.3, 0.4) is 0 Å². The number of piperidine rings is 1. The molecule has 282 valence electrons. The number of alkyl halides is 3. The zero-order valence-electron chi connectivity index (χ0n) is 28.7. The van der Waals surface area contributed by atoms with Gasteiger partial charge >= 0.3 is 6.18 Å².